The average molecular weight is 452 g/mol. The fourth-order valence-electron chi connectivity index (χ4n) is 4.25. The number of imidazole rings is 1. The van der Waals surface area contributed by atoms with Crippen molar-refractivity contribution >= 4 is 34.5 Å². The summed E-state index contributed by atoms with van der Waals surface area (Å²) < 4.78 is 1.84. The topological polar surface area (TPSA) is 63.4 Å². The number of piperidine rings is 1. The van der Waals surface area contributed by atoms with Gasteiger partial charge in [0.05, 0.1) is 21.8 Å². The van der Waals surface area contributed by atoms with E-state index in [0.717, 1.165) is 46.9 Å². The van der Waals surface area contributed by atoms with E-state index in [-0.39, 0.29) is 11.9 Å². The molecule has 4 aromatic rings. The minimum atomic E-state index is 0.0105. The molecule has 1 saturated heterocycles. The predicted octanol–water partition coefficient (Wildman–Crippen LogP) is 5.05. The molecule has 0 N–H and O–H groups in total. The van der Waals surface area contributed by atoms with E-state index in [4.69, 9.17) is 11.6 Å². The van der Waals surface area contributed by atoms with Crippen molar-refractivity contribution in [3.8, 4) is 10.4 Å². The number of aryl methyl sites for hydroxylation is 1. The Morgan fingerprint density at radius 2 is 2.06 bits per heavy atom. The number of carbonyl (C=O) groups is 1. The molecule has 1 aromatic carbocycles. The van der Waals surface area contributed by atoms with E-state index >= 15 is 0 Å². The Bertz CT molecular complexity index is 1240. The minimum absolute atomic E-state index is 0.0105. The molecule has 0 unspecified atom stereocenters. The van der Waals surface area contributed by atoms with E-state index in [1.54, 1.807) is 23.9 Å². The molecule has 0 aliphatic carbocycles. The first-order valence-corrected chi connectivity index (χ1v) is 11.6. The molecule has 1 fully saturated rings. The van der Waals surface area contributed by atoms with E-state index in [2.05, 4.69) is 15.0 Å². The van der Waals surface area contributed by atoms with Crippen LogP contribution < -0.4 is 0 Å². The zero-order valence-electron chi connectivity index (χ0n) is 17.2. The van der Waals surface area contributed by atoms with Crippen LogP contribution in [-0.2, 0) is 6.42 Å². The van der Waals surface area contributed by atoms with E-state index < -0.39 is 0 Å². The lowest BCUT2D eigenvalue weighted by Crippen LogP contribution is -2.45. The number of hydrogen-bond acceptors (Lipinski definition) is 5. The van der Waals surface area contributed by atoms with Gasteiger partial charge in [0, 0.05) is 25.2 Å². The third-order valence-electron chi connectivity index (χ3n) is 5.68. The summed E-state index contributed by atoms with van der Waals surface area (Å²) in [5, 5.41) is 1.43. The number of nitrogens with zero attached hydrogens (tertiary/aromatic N) is 5. The number of hydrogen-bond donors (Lipinski definition) is 0. The number of rotatable bonds is 4. The van der Waals surface area contributed by atoms with Crippen LogP contribution in [0.1, 0.15) is 40.5 Å². The highest BCUT2D eigenvalue weighted by Gasteiger charge is 2.31. The number of thiazole rings is 1. The molecule has 31 heavy (non-hydrogen) atoms. The van der Waals surface area contributed by atoms with Crippen molar-refractivity contribution < 1.29 is 4.79 Å². The second-order valence-corrected chi connectivity index (χ2v) is 9.44. The number of halogens is 1. The zero-order chi connectivity index (χ0) is 21.4. The Hall–Kier alpha value is -2.77. The normalized spacial score (nSPS) is 16.7. The number of likely N-dealkylation sites (tertiary alicyclic amines) is 1. The standard InChI is InChI=1S/C23H22ClN5OS/c1-15-26-20(21(31-15)16-7-3-2-4-8-16)23(30)29-10-6-5-9-18(29)11-17-13-28-14-25-12-19(24)22(28)27-17/h2-4,7-8,12-14,18H,5-6,9-11H2,1H3/t18-/m0/s1. The summed E-state index contributed by atoms with van der Waals surface area (Å²) in [6.45, 7) is 2.69. The summed E-state index contributed by atoms with van der Waals surface area (Å²) in [5.74, 6) is 0.0105. The maximum atomic E-state index is 13.6. The summed E-state index contributed by atoms with van der Waals surface area (Å²) in [7, 11) is 0. The van der Waals surface area contributed by atoms with Crippen molar-refractivity contribution in [2.24, 2.45) is 0 Å². The van der Waals surface area contributed by atoms with Crippen LogP contribution >= 0.6 is 22.9 Å². The van der Waals surface area contributed by atoms with Crippen molar-refractivity contribution in [3.05, 3.63) is 70.5 Å². The smallest absolute Gasteiger partial charge is 0.274 e. The first-order chi connectivity index (χ1) is 15.1. The van der Waals surface area contributed by atoms with Gasteiger partial charge in [-0.2, -0.15) is 0 Å². The molecule has 158 valence electrons. The lowest BCUT2D eigenvalue weighted by Gasteiger charge is -2.35. The summed E-state index contributed by atoms with van der Waals surface area (Å²) in [4.78, 5) is 30.0. The molecule has 6 nitrogen and oxygen atoms in total. The molecular formula is C23H22ClN5OS. The van der Waals surface area contributed by atoms with Crippen LogP contribution in [-0.4, -0.2) is 42.7 Å². The highest BCUT2D eigenvalue weighted by atomic mass is 35.5. The Morgan fingerprint density at radius 1 is 1.23 bits per heavy atom. The molecule has 1 aliphatic rings. The number of benzene rings is 1. The molecule has 1 aliphatic heterocycles. The molecule has 8 heteroatoms. The van der Waals surface area contributed by atoms with Crippen molar-refractivity contribution in [1.29, 1.82) is 0 Å². The second-order valence-electron chi connectivity index (χ2n) is 7.83. The molecule has 0 saturated carbocycles. The van der Waals surface area contributed by atoms with Crippen molar-refractivity contribution in [1.82, 2.24) is 24.3 Å². The Kier molecular flexibility index (Phi) is 5.46. The van der Waals surface area contributed by atoms with Crippen LogP contribution in [0.5, 0.6) is 0 Å². The van der Waals surface area contributed by atoms with Gasteiger partial charge in [-0.05, 0) is 31.7 Å². The van der Waals surface area contributed by atoms with Gasteiger partial charge in [0.1, 0.15) is 17.0 Å². The first kappa shape index (κ1) is 20.2. The first-order valence-electron chi connectivity index (χ1n) is 10.4. The average Bonchev–Trinajstić information content (AvgIpc) is 3.38. The summed E-state index contributed by atoms with van der Waals surface area (Å²) >= 11 is 7.81. The van der Waals surface area contributed by atoms with Gasteiger partial charge in [0.15, 0.2) is 5.65 Å². The molecule has 1 atom stereocenters. The number of amides is 1. The zero-order valence-corrected chi connectivity index (χ0v) is 18.7. The van der Waals surface area contributed by atoms with Crippen LogP contribution in [0.3, 0.4) is 0 Å². The summed E-state index contributed by atoms with van der Waals surface area (Å²) in [6, 6.07) is 10.1. The van der Waals surface area contributed by atoms with Gasteiger partial charge < -0.3 is 4.90 Å². The highest BCUT2D eigenvalue weighted by molar-refractivity contribution is 7.15. The molecule has 5 rings (SSSR count). The minimum Gasteiger partial charge on any atom is -0.334 e. The summed E-state index contributed by atoms with van der Waals surface area (Å²) in [6.07, 6.45) is 9.00. The predicted molar refractivity (Wildman–Crippen MR) is 123 cm³/mol. The van der Waals surface area contributed by atoms with Crippen LogP contribution in [0, 0.1) is 6.92 Å². The quantitative estimate of drug-likeness (QED) is 0.435. The van der Waals surface area contributed by atoms with Crippen LogP contribution in [0.25, 0.3) is 16.1 Å². The monoisotopic (exact) mass is 451 g/mol. The Labute approximate surface area is 189 Å². The lowest BCUT2D eigenvalue weighted by molar-refractivity contribution is 0.0608. The van der Waals surface area contributed by atoms with E-state index in [0.29, 0.717) is 22.8 Å². The molecule has 1 amide bonds. The molecule has 0 radical (unpaired) electrons. The van der Waals surface area contributed by atoms with Crippen molar-refractivity contribution in [3.63, 3.8) is 0 Å². The second kappa shape index (κ2) is 8.40. The van der Waals surface area contributed by atoms with Gasteiger partial charge in [-0.3, -0.25) is 9.20 Å². The van der Waals surface area contributed by atoms with Crippen LogP contribution in [0.15, 0.2) is 49.1 Å². The largest absolute Gasteiger partial charge is 0.334 e. The van der Waals surface area contributed by atoms with Crippen molar-refractivity contribution in [2.75, 3.05) is 6.54 Å². The van der Waals surface area contributed by atoms with Gasteiger partial charge in [-0.15, -0.1) is 11.3 Å². The number of carbonyl (C=O) groups excluding carboxylic acids is 1. The third kappa shape index (κ3) is 3.95. The maximum absolute atomic E-state index is 13.6. The highest BCUT2D eigenvalue weighted by Crippen LogP contribution is 2.32. The van der Waals surface area contributed by atoms with E-state index in [1.807, 2.05) is 52.8 Å². The molecule has 0 bridgehead atoms. The van der Waals surface area contributed by atoms with Gasteiger partial charge in [0.25, 0.3) is 5.91 Å². The third-order valence-corrected chi connectivity index (χ3v) is 6.97. The Balaban J connectivity index is 1.44. The SMILES string of the molecule is Cc1nc(C(=O)N2CCCC[C@H]2Cc2cn3cncc(Cl)c3n2)c(-c2ccccc2)s1. The van der Waals surface area contributed by atoms with Gasteiger partial charge in [-0.25, -0.2) is 15.0 Å². The van der Waals surface area contributed by atoms with Crippen molar-refractivity contribution in [2.45, 2.75) is 38.6 Å². The van der Waals surface area contributed by atoms with Gasteiger partial charge >= 0.3 is 0 Å². The van der Waals surface area contributed by atoms with Crippen LogP contribution in [0.2, 0.25) is 5.02 Å². The maximum Gasteiger partial charge on any atom is 0.274 e. The summed E-state index contributed by atoms with van der Waals surface area (Å²) in [5.41, 5.74) is 3.20. The molecule has 0 spiro atoms. The van der Waals surface area contributed by atoms with Gasteiger partial charge in [0.2, 0.25) is 0 Å². The molecular weight excluding hydrogens is 430 g/mol. The van der Waals surface area contributed by atoms with E-state index in [1.165, 1.54) is 0 Å². The van der Waals surface area contributed by atoms with E-state index in [9.17, 15) is 4.79 Å². The molecule has 4 heterocycles. The Morgan fingerprint density at radius 3 is 2.87 bits per heavy atom. The number of fused-ring (bicyclic) bond motifs is 1. The van der Waals surface area contributed by atoms with Gasteiger partial charge in [-0.1, -0.05) is 41.9 Å². The fourth-order valence-corrected chi connectivity index (χ4v) is 5.36. The number of aromatic nitrogens is 4. The van der Waals surface area contributed by atoms with Crippen LogP contribution in [0.4, 0.5) is 0 Å². The molecule has 3 aromatic heterocycles. The lowest BCUT2D eigenvalue weighted by atomic mass is 9.97. The fraction of sp³-hybridized carbons (Fsp3) is 0.304.